The number of fused-ring (bicyclic) bond motifs is 1. The number of pyridine rings is 1. The summed E-state index contributed by atoms with van der Waals surface area (Å²) in [5.74, 6) is 0.202. The van der Waals surface area contributed by atoms with Gasteiger partial charge in [0.15, 0.2) is 5.65 Å². The molecule has 9 heteroatoms. The van der Waals surface area contributed by atoms with Gasteiger partial charge in [0.2, 0.25) is 18.8 Å². The van der Waals surface area contributed by atoms with Gasteiger partial charge >= 0.3 is 0 Å². The molecule has 0 saturated heterocycles. The molecule has 0 aliphatic heterocycles. The maximum Gasteiger partial charge on any atom is 0.227 e. The second-order valence-corrected chi connectivity index (χ2v) is 7.08. The lowest BCUT2D eigenvalue weighted by Crippen LogP contribution is -2.40. The number of carbonyl (C=O) groups excluding carboxylic acids is 1. The van der Waals surface area contributed by atoms with Crippen LogP contribution in [0.1, 0.15) is 5.56 Å². The summed E-state index contributed by atoms with van der Waals surface area (Å²) < 4.78 is 17.1. The Morgan fingerprint density at radius 2 is 2.10 bits per heavy atom. The second kappa shape index (κ2) is 7.96. The van der Waals surface area contributed by atoms with Crippen LogP contribution in [0, 0.1) is 5.82 Å². The Kier molecular flexibility index (Phi) is 5.22. The lowest BCUT2D eigenvalue weighted by atomic mass is 10.1. The van der Waals surface area contributed by atoms with E-state index in [1.165, 1.54) is 17.0 Å². The molecular weight excluding hydrogens is 441 g/mol. The van der Waals surface area contributed by atoms with Gasteiger partial charge in [-0.15, -0.1) is 0 Å². The average Bonchev–Trinajstić information content (AvgIpc) is 3.13. The highest BCUT2D eigenvalue weighted by Gasteiger charge is 2.18. The molecule has 0 spiro atoms. The second-order valence-electron chi connectivity index (χ2n) is 6.22. The number of carbonyl (C=O) groups is 1. The van der Waals surface area contributed by atoms with Gasteiger partial charge in [0.25, 0.3) is 0 Å². The predicted molar refractivity (Wildman–Crippen MR) is 107 cm³/mol. The van der Waals surface area contributed by atoms with Crippen LogP contribution in [0.5, 0.6) is 0 Å². The van der Waals surface area contributed by atoms with E-state index in [1.807, 2.05) is 12.1 Å². The molecule has 0 N–H and O–H groups in total. The summed E-state index contributed by atoms with van der Waals surface area (Å²) in [5.41, 5.74) is 2.74. The molecule has 4 aromatic rings. The zero-order valence-corrected chi connectivity index (χ0v) is 17.0. The number of nitrogens with zero attached hydrogens (tertiary/aromatic N) is 5. The number of halogens is 2. The fourth-order valence-electron chi connectivity index (χ4n) is 2.97. The van der Waals surface area contributed by atoms with E-state index >= 15 is 0 Å². The molecule has 4 rings (SSSR count). The van der Waals surface area contributed by atoms with Gasteiger partial charge in [0.1, 0.15) is 18.7 Å². The van der Waals surface area contributed by atoms with E-state index in [2.05, 4.69) is 26.0 Å². The monoisotopic (exact) mass is 456 g/mol. The Hall–Kier alpha value is -3.33. The molecular formula is C20H16BrFN5O2+. The maximum absolute atomic E-state index is 13.3. The van der Waals surface area contributed by atoms with E-state index in [-0.39, 0.29) is 5.82 Å². The number of hydrogen-bond donors (Lipinski definition) is 0. The van der Waals surface area contributed by atoms with Crippen molar-refractivity contribution in [3.8, 4) is 11.3 Å². The average molecular weight is 457 g/mol. The summed E-state index contributed by atoms with van der Waals surface area (Å²) in [7, 11) is 1.56. The van der Waals surface area contributed by atoms with Crippen LogP contribution in [0.4, 0.5) is 10.2 Å². The molecule has 3 aromatic heterocycles. The third-order valence-corrected chi connectivity index (χ3v) is 4.93. The Bertz CT molecular complexity index is 1180. The topological polar surface area (TPSA) is 63.6 Å². The Balaban J connectivity index is 1.81. The van der Waals surface area contributed by atoms with Crippen LogP contribution >= 0.6 is 15.9 Å². The molecule has 0 fully saturated rings. The van der Waals surface area contributed by atoms with Crippen molar-refractivity contribution in [3.05, 3.63) is 76.9 Å². The third kappa shape index (κ3) is 3.81. The van der Waals surface area contributed by atoms with Crippen LogP contribution in [0.15, 0.2) is 65.5 Å². The molecule has 7 nitrogen and oxygen atoms in total. The van der Waals surface area contributed by atoms with Crippen LogP contribution in [-0.2, 0) is 11.3 Å². The van der Waals surface area contributed by atoms with E-state index in [1.54, 1.807) is 53.1 Å². The maximum atomic E-state index is 13.3. The highest BCUT2D eigenvalue weighted by Crippen LogP contribution is 2.28. The van der Waals surface area contributed by atoms with Crippen molar-refractivity contribution in [2.24, 2.45) is 0 Å². The van der Waals surface area contributed by atoms with Gasteiger partial charge in [0.05, 0.1) is 22.9 Å². The van der Waals surface area contributed by atoms with Crippen molar-refractivity contribution in [3.63, 3.8) is 0 Å². The van der Waals surface area contributed by atoms with Gasteiger partial charge in [-0.1, -0.05) is 0 Å². The van der Waals surface area contributed by atoms with Crippen LogP contribution in [-0.4, -0.2) is 28.1 Å². The first kappa shape index (κ1) is 19.0. The fraction of sp³-hybridized carbons (Fsp3) is 0.100. The summed E-state index contributed by atoms with van der Waals surface area (Å²) in [6, 6.07) is 11.5. The molecule has 0 aliphatic carbocycles. The zero-order chi connectivity index (χ0) is 20.4. The molecule has 1 aromatic carbocycles. The van der Waals surface area contributed by atoms with Crippen molar-refractivity contribution in [2.75, 3.05) is 12.0 Å². The minimum Gasteiger partial charge on any atom is -0.295 e. The molecule has 0 saturated carbocycles. The highest BCUT2D eigenvalue weighted by atomic mass is 79.9. The lowest BCUT2D eigenvalue weighted by molar-refractivity contribution is -0.885. The van der Waals surface area contributed by atoms with Gasteiger partial charge in [-0.25, -0.2) is 9.37 Å². The molecule has 0 radical (unpaired) electrons. The number of aromatic nitrogens is 4. The predicted octanol–water partition coefficient (Wildman–Crippen LogP) is 2.81. The quantitative estimate of drug-likeness (QED) is 0.330. The molecule has 0 atom stereocenters. The van der Waals surface area contributed by atoms with Gasteiger partial charge in [-0.3, -0.25) is 14.5 Å². The minimum absolute atomic E-state index is 0.299. The van der Waals surface area contributed by atoms with Gasteiger partial charge in [-0.2, -0.15) is 9.61 Å². The Labute approximate surface area is 174 Å². The van der Waals surface area contributed by atoms with Crippen molar-refractivity contribution in [1.29, 1.82) is 0 Å². The third-order valence-electron chi connectivity index (χ3n) is 4.37. The number of benzene rings is 1. The summed E-state index contributed by atoms with van der Waals surface area (Å²) in [6.07, 6.45) is 5.90. The first-order chi connectivity index (χ1) is 14.1. The summed E-state index contributed by atoms with van der Waals surface area (Å²) in [5, 5.41) is 4.33. The first-order valence-electron chi connectivity index (χ1n) is 8.66. The minimum atomic E-state index is -0.328. The molecule has 0 unspecified atom stereocenters. The summed E-state index contributed by atoms with van der Waals surface area (Å²) in [4.78, 5) is 23.3. The highest BCUT2D eigenvalue weighted by molar-refractivity contribution is 9.10. The zero-order valence-electron chi connectivity index (χ0n) is 15.4. The summed E-state index contributed by atoms with van der Waals surface area (Å²) >= 11 is 3.44. The van der Waals surface area contributed by atoms with Crippen LogP contribution in [0.3, 0.4) is 0 Å². The number of rotatable bonds is 6. The van der Waals surface area contributed by atoms with Crippen LogP contribution in [0.2, 0.25) is 0 Å². The van der Waals surface area contributed by atoms with Crippen LogP contribution in [0.25, 0.3) is 16.9 Å². The smallest absolute Gasteiger partial charge is 0.227 e. The van der Waals surface area contributed by atoms with Crippen molar-refractivity contribution in [2.45, 2.75) is 6.54 Å². The molecule has 3 heterocycles. The molecule has 1 amide bonds. The van der Waals surface area contributed by atoms with E-state index in [0.29, 0.717) is 28.2 Å². The van der Waals surface area contributed by atoms with Gasteiger partial charge < -0.3 is 0 Å². The molecule has 29 heavy (non-hydrogen) atoms. The van der Waals surface area contributed by atoms with Crippen LogP contribution < -0.4 is 14.5 Å². The number of amides is 1. The van der Waals surface area contributed by atoms with Gasteiger partial charge in [-0.05, 0) is 46.3 Å². The van der Waals surface area contributed by atoms with E-state index in [4.69, 9.17) is 4.84 Å². The number of anilines is 1. The van der Waals surface area contributed by atoms with Crippen molar-refractivity contribution in [1.82, 2.24) is 14.6 Å². The van der Waals surface area contributed by atoms with Crippen molar-refractivity contribution >= 4 is 33.8 Å². The Morgan fingerprint density at radius 3 is 2.83 bits per heavy atom. The molecule has 146 valence electrons. The molecule has 0 bridgehead atoms. The van der Waals surface area contributed by atoms with E-state index in [9.17, 15) is 9.18 Å². The molecule has 0 aliphatic rings. The largest absolute Gasteiger partial charge is 0.295 e. The standard InChI is InChI=1S/C20H16BrFN5O2/c1-29-26-8-2-3-14(12-26)11-25(13-28)19-9-18(15-4-6-16(22)7-5-15)24-20-17(21)10-23-27(19)20/h2-10,12-13H,11H2,1H3/q+1. The fourth-order valence-corrected chi connectivity index (χ4v) is 3.32. The normalized spacial score (nSPS) is 10.9. The number of hydrogen-bond acceptors (Lipinski definition) is 4. The lowest BCUT2D eigenvalue weighted by Gasteiger charge is -2.19. The van der Waals surface area contributed by atoms with Gasteiger partial charge in [0, 0.05) is 28.0 Å². The first-order valence-corrected chi connectivity index (χ1v) is 9.45. The summed E-state index contributed by atoms with van der Waals surface area (Å²) in [6.45, 7) is 0.299. The van der Waals surface area contributed by atoms with E-state index < -0.39 is 0 Å². The van der Waals surface area contributed by atoms with Crippen molar-refractivity contribution < 1.29 is 18.8 Å². The SMILES string of the molecule is CO[n+]1cccc(CN(C=O)c2cc(-c3ccc(F)cc3)nc3c(Br)cnn23)c1. The Morgan fingerprint density at radius 1 is 1.31 bits per heavy atom. The van der Waals surface area contributed by atoms with E-state index in [0.717, 1.165) is 17.5 Å².